The van der Waals surface area contributed by atoms with Crippen molar-refractivity contribution in [2.75, 3.05) is 5.32 Å². The summed E-state index contributed by atoms with van der Waals surface area (Å²) in [5, 5.41) is 3.08. The minimum absolute atomic E-state index is 0.830. The Balaban J connectivity index is 1.96. The first-order valence-electron chi connectivity index (χ1n) is 4.36. The van der Waals surface area contributed by atoms with Crippen molar-refractivity contribution >= 4 is 5.82 Å². The molecule has 0 aliphatic heterocycles. The number of rotatable bonds is 3. The van der Waals surface area contributed by atoms with Crippen LogP contribution in [-0.2, 0) is 0 Å². The lowest BCUT2D eigenvalue weighted by Crippen LogP contribution is -1.97. The molecule has 2 heterocycles. The van der Waals surface area contributed by atoms with Gasteiger partial charge in [0.1, 0.15) is 5.82 Å². The van der Waals surface area contributed by atoms with Crippen LogP contribution >= 0.6 is 0 Å². The maximum absolute atomic E-state index is 4.13. The van der Waals surface area contributed by atoms with E-state index in [1.807, 2.05) is 36.9 Å². The molecule has 0 bridgehead atoms. The molecule has 0 aliphatic carbocycles. The monoisotopic (exact) mass is 184 g/mol. The number of hydrogen-bond donors (Lipinski definition) is 1. The summed E-state index contributed by atoms with van der Waals surface area (Å²) in [5.41, 5.74) is 1.03. The molecule has 0 spiro atoms. The summed E-state index contributed by atoms with van der Waals surface area (Å²) in [4.78, 5) is 8.14. The highest BCUT2D eigenvalue weighted by Crippen LogP contribution is 2.05. The highest BCUT2D eigenvalue weighted by molar-refractivity contribution is 5.39. The molecule has 3 heteroatoms. The van der Waals surface area contributed by atoms with Crippen molar-refractivity contribution in [3.63, 3.8) is 0 Å². The van der Waals surface area contributed by atoms with E-state index in [4.69, 9.17) is 0 Å². The van der Waals surface area contributed by atoms with E-state index in [0.717, 1.165) is 11.4 Å². The maximum Gasteiger partial charge on any atom is 0.126 e. The minimum atomic E-state index is 0.830. The van der Waals surface area contributed by atoms with E-state index in [2.05, 4.69) is 15.3 Å². The Kier molecular flexibility index (Phi) is 2.71. The van der Waals surface area contributed by atoms with Crippen LogP contribution in [0, 0.1) is 6.54 Å². The fourth-order valence-corrected chi connectivity index (χ4v) is 1.07. The van der Waals surface area contributed by atoms with Gasteiger partial charge in [-0.25, -0.2) is 4.98 Å². The largest absolute Gasteiger partial charge is 0.361 e. The van der Waals surface area contributed by atoms with Gasteiger partial charge in [-0.15, -0.1) is 0 Å². The van der Waals surface area contributed by atoms with Gasteiger partial charge in [-0.2, -0.15) is 0 Å². The van der Waals surface area contributed by atoms with E-state index in [1.54, 1.807) is 18.6 Å². The number of aromatic nitrogens is 2. The second kappa shape index (κ2) is 4.37. The van der Waals surface area contributed by atoms with Gasteiger partial charge in [0.05, 0.1) is 6.54 Å². The highest BCUT2D eigenvalue weighted by Gasteiger charge is 1.93. The normalized spacial score (nSPS) is 9.71. The SMILES string of the molecule is [CH](Nc1ccccn1)c1cccnc1. The molecule has 14 heavy (non-hydrogen) atoms. The zero-order valence-electron chi connectivity index (χ0n) is 7.59. The third kappa shape index (κ3) is 2.29. The van der Waals surface area contributed by atoms with E-state index < -0.39 is 0 Å². The summed E-state index contributed by atoms with van der Waals surface area (Å²) in [5.74, 6) is 0.830. The Hall–Kier alpha value is -1.90. The van der Waals surface area contributed by atoms with Crippen LogP contribution in [0.3, 0.4) is 0 Å². The fraction of sp³-hybridized carbons (Fsp3) is 0. The molecule has 0 fully saturated rings. The van der Waals surface area contributed by atoms with Gasteiger partial charge in [0.2, 0.25) is 0 Å². The number of anilines is 1. The zero-order chi connectivity index (χ0) is 9.64. The predicted octanol–water partition coefficient (Wildman–Crippen LogP) is 2.10. The Bertz CT molecular complexity index is 333. The molecule has 0 aliphatic rings. The average molecular weight is 184 g/mol. The number of nitrogens with zero attached hydrogens (tertiary/aromatic N) is 2. The first-order valence-corrected chi connectivity index (χ1v) is 4.36. The molecular weight excluding hydrogens is 174 g/mol. The molecule has 2 aromatic heterocycles. The molecule has 0 amide bonds. The van der Waals surface area contributed by atoms with Crippen LogP contribution in [0.15, 0.2) is 48.9 Å². The van der Waals surface area contributed by atoms with Crippen molar-refractivity contribution in [3.8, 4) is 0 Å². The third-order valence-corrected chi connectivity index (χ3v) is 1.74. The van der Waals surface area contributed by atoms with E-state index in [-0.39, 0.29) is 0 Å². The predicted molar refractivity (Wildman–Crippen MR) is 55.5 cm³/mol. The van der Waals surface area contributed by atoms with Crippen LogP contribution in [0.1, 0.15) is 5.56 Å². The zero-order valence-corrected chi connectivity index (χ0v) is 7.59. The van der Waals surface area contributed by atoms with E-state index in [0.29, 0.717) is 0 Å². The summed E-state index contributed by atoms with van der Waals surface area (Å²) in [6.07, 6.45) is 5.29. The van der Waals surface area contributed by atoms with Gasteiger partial charge in [0.15, 0.2) is 0 Å². The Morgan fingerprint density at radius 1 is 1.07 bits per heavy atom. The molecule has 69 valence electrons. The lowest BCUT2D eigenvalue weighted by atomic mass is 10.3. The van der Waals surface area contributed by atoms with Crippen molar-refractivity contribution in [2.45, 2.75) is 0 Å². The minimum Gasteiger partial charge on any atom is -0.361 e. The third-order valence-electron chi connectivity index (χ3n) is 1.74. The van der Waals surface area contributed by atoms with Crippen molar-refractivity contribution in [3.05, 3.63) is 61.0 Å². The molecule has 2 rings (SSSR count). The van der Waals surface area contributed by atoms with Crippen LogP contribution in [0.25, 0.3) is 0 Å². The smallest absolute Gasteiger partial charge is 0.126 e. The molecule has 0 saturated heterocycles. The molecular formula is C11H10N3. The summed E-state index contributed by atoms with van der Waals surface area (Å²) in [7, 11) is 0. The van der Waals surface area contributed by atoms with Gasteiger partial charge in [-0.1, -0.05) is 12.1 Å². The van der Waals surface area contributed by atoms with Crippen molar-refractivity contribution in [2.24, 2.45) is 0 Å². The van der Waals surface area contributed by atoms with Gasteiger partial charge in [-0.05, 0) is 23.8 Å². The number of pyridine rings is 2. The first kappa shape index (κ1) is 8.69. The highest BCUT2D eigenvalue weighted by atomic mass is 15.0. The second-order valence-electron chi connectivity index (χ2n) is 2.79. The van der Waals surface area contributed by atoms with Gasteiger partial charge in [0, 0.05) is 18.6 Å². The lowest BCUT2D eigenvalue weighted by Gasteiger charge is -2.03. The van der Waals surface area contributed by atoms with Crippen LogP contribution in [-0.4, -0.2) is 9.97 Å². The van der Waals surface area contributed by atoms with Crippen LogP contribution in [0.2, 0.25) is 0 Å². The summed E-state index contributed by atoms with van der Waals surface area (Å²) < 4.78 is 0. The molecule has 1 radical (unpaired) electrons. The van der Waals surface area contributed by atoms with E-state index in [1.165, 1.54) is 0 Å². The van der Waals surface area contributed by atoms with Crippen molar-refractivity contribution < 1.29 is 0 Å². The van der Waals surface area contributed by atoms with Gasteiger partial charge in [0.25, 0.3) is 0 Å². The molecule has 0 aromatic carbocycles. The lowest BCUT2D eigenvalue weighted by molar-refractivity contribution is 1.23. The molecule has 3 nitrogen and oxygen atoms in total. The summed E-state index contributed by atoms with van der Waals surface area (Å²) in [6.45, 7) is 1.87. The van der Waals surface area contributed by atoms with E-state index in [9.17, 15) is 0 Å². The van der Waals surface area contributed by atoms with Crippen LogP contribution in [0.4, 0.5) is 5.82 Å². The average Bonchev–Trinajstić information content (AvgIpc) is 2.29. The molecule has 2 aromatic rings. The fourth-order valence-electron chi connectivity index (χ4n) is 1.07. The maximum atomic E-state index is 4.13. The second-order valence-corrected chi connectivity index (χ2v) is 2.79. The van der Waals surface area contributed by atoms with Gasteiger partial charge >= 0.3 is 0 Å². The number of nitrogens with one attached hydrogen (secondary N) is 1. The topological polar surface area (TPSA) is 37.8 Å². The Labute approximate surface area is 82.8 Å². The van der Waals surface area contributed by atoms with Crippen LogP contribution < -0.4 is 5.32 Å². The standard InChI is InChI=1S/C11H10N3/c1-2-7-13-11(5-1)14-9-10-4-3-6-12-8-10/h1-9H,(H,13,14). The first-order chi connectivity index (χ1) is 6.95. The van der Waals surface area contributed by atoms with Crippen molar-refractivity contribution in [1.29, 1.82) is 0 Å². The van der Waals surface area contributed by atoms with Gasteiger partial charge < -0.3 is 5.32 Å². The molecule has 0 atom stereocenters. The summed E-state index contributed by atoms with van der Waals surface area (Å²) in [6, 6.07) is 9.60. The van der Waals surface area contributed by atoms with E-state index >= 15 is 0 Å². The van der Waals surface area contributed by atoms with Crippen LogP contribution in [0.5, 0.6) is 0 Å². The molecule has 1 N–H and O–H groups in total. The molecule has 0 saturated carbocycles. The Morgan fingerprint density at radius 3 is 2.79 bits per heavy atom. The molecule has 0 unspecified atom stereocenters. The Morgan fingerprint density at radius 2 is 2.07 bits per heavy atom. The summed E-state index contributed by atoms with van der Waals surface area (Å²) >= 11 is 0. The van der Waals surface area contributed by atoms with Crippen molar-refractivity contribution in [1.82, 2.24) is 9.97 Å². The quantitative estimate of drug-likeness (QED) is 0.793. The number of hydrogen-bond acceptors (Lipinski definition) is 3. The van der Waals surface area contributed by atoms with Gasteiger partial charge in [-0.3, -0.25) is 4.98 Å².